The fourth-order valence-corrected chi connectivity index (χ4v) is 1.75. The lowest BCUT2D eigenvalue weighted by molar-refractivity contribution is 0.636. The Morgan fingerprint density at radius 2 is 1.83 bits per heavy atom. The Balaban J connectivity index is 2.34. The zero-order valence-electron chi connectivity index (χ0n) is 6.98. The molecule has 0 bridgehead atoms. The molecule has 2 atom stereocenters. The summed E-state index contributed by atoms with van der Waals surface area (Å²) >= 11 is 0. The molecule has 0 aromatic heterocycles. The molecule has 0 fully saturated rings. The molecule has 0 amide bonds. The Bertz CT molecular complexity index is 300. The van der Waals surface area contributed by atoms with Crippen molar-refractivity contribution >= 4 is 0 Å². The van der Waals surface area contributed by atoms with Crippen molar-refractivity contribution in [2.75, 3.05) is 0 Å². The first-order valence-corrected chi connectivity index (χ1v) is 4.27. The third-order valence-electron chi connectivity index (χ3n) is 2.42. The summed E-state index contributed by atoms with van der Waals surface area (Å²) < 4.78 is 0. The van der Waals surface area contributed by atoms with Gasteiger partial charge in [0.05, 0.1) is 0 Å². The Kier molecular flexibility index (Phi) is 1.83. The van der Waals surface area contributed by atoms with E-state index in [9.17, 15) is 0 Å². The monoisotopic (exact) mass is 156 g/mol. The van der Waals surface area contributed by atoms with Crippen LogP contribution < -0.4 is 0 Å². The minimum atomic E-state index is 0.525. The van der Waals surface area contributed by atoms with Crippen LogP contribution in [-0.4, -0.2) is 0 Å². The molecule has 0 radical (unpaired) electrons. The van der Waals surface area contributed by atoms with Crippen molar-refractivity contribution in [2.24, 2.45) is 11.8 Å². The second kappa shape index (κ2) is 2.98. The molecule has 2 unspecified atom stereocenters. The first kappa shape index (κ1) is 7.35. The smallest absolute Gasteiger partial charge is 0.0119 e. The molecule has 12 heavy (non-hydrogen) atoms. The third kappa shape index (κ3) is 1.10. The van der Waals surface area contributed by atoms with Crippen molar-refractivity contribution < 1.29 is 0 Å². The van der Waals surface area contributed by atoms with Gasteiger partial charge in [-0.2, -0.15) is 0 Å². The van der Waals surface area contributed by atoms with Gasteiger partial charge >= 0.3 is 0 Å². The maximum atomic E-state index is 3.82. The Morgan fingerprint density at radius 3 is 2.67 bits per heavy atom. The number of allylic oxidation sites excluding steroid dienone is 9. The predicted molar refractivity (Wildman–Crippen MR) is 52.7 cm³/mol. The van der Waals surface area contributed by atoms with Gasteiger partial charge in [-0.1, -0.05) is 55.2 Å². The van der Waals surface area contributed by atoms with Gasteiger partial charge < -0.3 is 0 Å². The summed E-state index contributed by atoms with van der Waals surface area (Å²) in [7, 11) is 0. The van der Waals surface area contributed by atoms with Crippen molar-refractivity contribution in [1.29, 1.82) is 0 Å². The summed E-state index contributed by atoms with van der Waals surface area (Å²) in [6.45, 7) is 3.82. The molecule has 0 nitrogen and oxygen atoms in total. The highest BCUT2D eigenvalue weighted by Gasteiger charge is 2.19. The standard InChI is InChI=1S/C12H12/c1-2-10-7-5-8-11-6-3-4-9-12(10)11/h2-9,11-12H,1H2. The van der Waals surface area contributed by atoms with Crippen LogP contribution in [0.1, 0.15) is 0 Å². The van der Waals surface area contributed by atoms with Gasteiger partial charge in [-0.05, 0) is 5.57 Å². The summed E-state index contributed by atoms with van der Waals surface area (Å²) in [5.74, 6) is 1.07. The maximum Gasteiger partial charge on any atom is 0.0119 e. The molecular formula is C12H12. The summed E-state index contributed by atoms with van der Waals surface area (Å²) in [5.41, 5.74) is 1.32. The van der Waals surface area contributed by atoms with E-state index in [0.717, 1.165) is 0 Å². The molecule has 0 aromatic carbocycles. The molecule has 0 aliphatic heterocycles. The number of rotatable bonds is 1. The minimum absolute atomic E-state index is 0.525. The third-order valence-corrected chi connectivity index (χ3v) is 2.42. The zero-order valence-corrected chi connectivity index (χ0v) is 6.98. The molecule has 60 valence electrons. The molecular weight excluding hydrogens is 144 g/mol. The normalized spacial score (nSPS) is 31.2. The molecule has 0 N–H and O–H groups in total. The first-order chi connectivity index (χ1) is 5.92. The zero-order chi connectivity index (χ0) is 8.39. The second-order valence-electron chi connectivity index (χ2n) is 3.13. The maximum absolute atomic E-state index is 3.82. The van der Waals surface area contributed by atoms with E-state index in [0.29, 0.717) is 11.8 Å². The van der Waals surface area contributed by atoms with Gasteiger partial charge in [0.1, 0.15) is 0 Å². The molecule has 0 saturated heterocycles. The highest BCUT2D eigenvalue weighted by atomic mass is 14.2. The van der Waals surface area contributed by atoms with Crippen LogP contribution in [0, 0.1) is 11.8 Å². The van der Waals surface area contributed by atoms with Crippen LogP contribution in [0.25, 0.3) is 0 Å². The van der Waals surface area contributed by atoms with Crippen molar-refractivity contribution in [3.8, 4) is 0 Å². The number of hydrogen-bond acceptors (Lipinski definition) is 0. The average molecular weight is 156 g/mol. The van der Waals surface area contributed by atoms with E-state index in [1.54, 1.807) is 0 Å². The lowest BCUT2D eigenvalue weighted by Crippen LogP contribution is -2.14. The molecule has 0 spiro atoms. The van der Waals surface area contributed by atoms with Crippen LogP contribution >= 0.6 is 0 Å². The predicted octanol–water partition coefficient (Wildman–Crippen LogP) is 3.03. The van der Waals surface area contributed by atoms with Gasteiger partial charge in [0, 0.05) is 11.8 Å². The lowest BCUT2D eigenvalue weighted by Gasteiger charge is -2.24. The van der Waals surface area contributed by atoms with E-state index < -0.39 is 0 Å². The van der Waals surface area contributed by atoms with Crippen LogP contribution in [0.4, 0.5) is 0 Å². The van der Waals surface area contributed by atoms with Crippen molar-refractivity contribution in [3.63, 3.8) is 0 Å². The molecule has 2 aliphatic rings. The van der Waals surface area contributed by atoms with Gasteiger partial charge in [0.25, 0.3) is 0 Å². The van der Waals surface area contributed by atoms with Crippen molar-refractivity contribution in [3.05, 3.63) is 60.8 Å². The van der Waals surface area contributed by atoms with Gasteiger partial charge in [0.2, 0.25) is 0 Å². The lowest BCUT2D eigenvalue weighted by atomic mass is 9.80. The number of hydrogen-bond donors (Lipinski definition) is 0. The van der Waals surface area contributed by atoms with Crippen LogP contribution in [0.2, 0.25) is 0 Å². The van der Waals surface area contributed by atoms with Crippen LogP contribution in [0.15, 0.2) is 60.8 Å². The van der Waals surface area contributed by atoms with E-state index >= 15 is 0 Å². The summed E-state index contributed by atoms with van der Waals surface area (Å²) in [5, 5.41) is 0. The topological polar surface area (TPSA) is 0 Å². The summed E-state index contributed by atoms with van der Waals surface area (Å²) in [6, 6.07) is 0. The van der Waals surface area contributed by atoms with E-state index in [4.69, 9.17) is 0 Å². The van der Waals surface area contributed by atoms with Crippen LogP contribution in [-0.2, 0) is 0 Å². The van der Waals surface area contributed by atoms with Gasteiger partial charge in [-0.25, -0.2) is 0 Å². The van der Waals surface area contributed by atoms with E-state index in [1.165, 1.54) is 5.57 Å². The summed E-state index contributed by atoms with van der Waals surface area (Å²) in [4.78, 5) is 0. The van der Waals surface area contributed by atoms with E-state index in [2.05, 4.69) is 49.1 Å². The van der Waals surface area contributed by atoms with E-state index in [1.807, 2.05) is 6.08 Å². The highest BCUT2D eigenvalue weighted by Crippen LogP contribution is 2.31. The summed E-state index contributed by atoms with van der Waals surface area (Å²) in [6.07, 6.45) is 17.1. The van der Waals surface area contributed by atoms with Crippen LogP contribution in [0.5, 0.6) is 0 Å². The SMILES string of the molecule is C=CC1=CC=CC2C=CC=CC12. The molecule has 0 aromatic rings. The second-order valence-corrected chi connectivity index (χ2v) is 3.13. The highest BCUT2D eigenvalue weighted by molar-refractivity contribution is 5.38. The molecule has 0 heteroatoms. The van der Waals surface area contributed by atoms with Crippen LogP contribution in [0.3, 0.4) is 0 Å². The van der Waals surface area contributed by atoms with Crippen molar-refractivity contribution in [2.45, 2.75) is 0 Å². The fraction of sp³-hybridized carbons (Fsp3) is 0.167. The largest absolute Gasteiger partial charge is 0.0988 e. The van der Waals surface area contributed by atoms with E-state index in [-0.39, 0.29) is 0 Å². The molecule has 2 rings (SSSR count). The van der Waals surface area contributed by atoms with Gasteiger partial charge in [-0.3, -0.25) is 0 Å². The van der Waals surface area contributed by atoms with Gasteiger partial charge in [0.15, 0.2) is 0 Å². The molecule has 0 saturated carbocycles. The quantitative estimate of drug-likeness (QED) is 0.547. The average Bonchev–Trinajstić information content (AvgIpc) is 2.17. The minimum Gasteiger partial charge on any atom is -0.0988 e. The molecule has 0 heterocycles. The number of fused-ring (bicyclic) bond motifs is 1. The Morgan fingerprint density at radius 1 is 1.08 bits per heavy atom. The fourth-order valence-electron chi connectivity index (χ4n) is 1.75. The molecule has 2 aliphatic carbocycles. The Hall–Kier alpha value is -1.30. The van der Waals surface area contributed by atoms with Gasteiger partial charge in [-0.15, -0.1) is 0 Å². The Labute approximate surface area is 73.3 Å². The van der Waals surface area contributed by atoms with Crippen molar-refractivity contribution in [1.82, 2.24) is 0 Å². The first-order valence-electron chi connectivity index (χ1n) is 4.27.